The van der Waals surface area contributed by atoms with E-state index < -0.39 is 5.63 Å². The predicted octanol–water partition coefficient (Wildman–Crippen LogP) is 4.29. The molecule has 7 heteroatoms. The lowest BCUT2D eigenvalue weighted by atomic mass is 10.0. The van der Waals surface area contributed by atoms with Gasteiger partial charge in [-0.2, -0.15) is 0 Å². The molecule has 4 aromatic rings. The summed E-state index contributed by atoms with van der Waals surface area (Å²) in [5, 5.41) is 4.29. The molecule has 0 aliphatic carbocycles. The fraction of sp³-hybridized carbons (Fsp3) is 0.190. The van der Waals surface area contributed by atoms with Gasteiger partial charge in [-0.05, 0) is 42.7 Å². The number of aromatic nitrogens is 1. The van der Waals surface area contributed by atoms with Crippen molar-refractivity contribution in [2.24, 2.45) is 0 Å². The second-order valence-corrected chi connectivity index (χ2v) is 7.47. The van der Waals surface area contributed by atoms with Crippen LogP contribution in [0.4, 0.5) is 5.13 Å². The van der Waals surface area contributed by atoms with Crippen molar-refractivity contribution in [3.05, 3.63) is 64.0 Å². The Kier molecular flexibility index (Phi) is 4.83. The Bertz CT molecular complexity index is 1210. The molecule has 1 N–H and O–H groups in total. The Hall–Kier alpha value is -3.19. The number of benzene rings is 2. The van der Waals surface area contributed by atoms with E-state index in [-0.39, 0.29) is 12.3 Å². The molecule has 0 spiro atoms. The second-order valence-electron chi connectivity index (χ2n) is 6.44. The maximum atomic E-state index is 12.4. The number of aryl methyl sites for hydroxylation is 2. The van der Waals surface area contributed by atoms with E-state index in [2.05, 4.69) is 10.3 Å². The van der Waals surface area contributed by atoms with Gasteiger partial charge in [-0.25, -0.2) is 9.78 Å². The van der Waals surface area contributed by atoms with Gasteiger partial charge in [0.25, 0.3) is 0 Å². The molecule has 0 bridgehead atoms. The zero-order valence-corrected chi connectivity index (χ0v) is 16.3. The molecule has 0 aliphatic rings. The summed E-state index contributed by atoms with van der Waals surface area (Å²) in [7, 11) is 1.56. The highest BCUT2D eigenvalue weighted by Gasteiger charge is 2.13. The number of amides is 1. The molecule has 0 radical (unpaired) electrons. The number of nitrogens with one attached hydrogen (secondary N) is 1. The first-order valence-corrected chi connectivity index (χ1v) is 9.62. The summed E-state index contributed by atoms with van der Waals surface area (Å²) >= 11 is 1.45. The highest BCUT2D eigenvalue weighted by molar-refractivity contribution is 7.22. The molecule has 0 saturated carbocycles. The SMILES string of the molecule is COc1cc2oc(=O)cc(C)c2cc1CCC(=O)Nc1nc2ccccc2s1. The summed E-state index contributed by atoms with van der Waals surface area (Å²) in [5.74, 6) is 0.478. The van der Waals surface area contributed by atoms with Gasteiger partial charge in [-0.1, -0.05) is 23.5 Å². The Labute approximate surface area is 164 Å². The molecule has 2 aromatic heterocycles. The minimum atomic E-state index is -0.394. The van der Waals surface area contributed by atoms with Crippen LogP contribution in [-0.2, 0) is 11.2 Å². The van der Waals surface area contributed by atoms with Crippen LogP contribution in [0, 0.1) is 6.92 Å². The number of rotatable bonds is 5. The second kappa shape index (κ2) is 7.44. The standard InChI is InChI=1S/C21H18N2O4S/c1-12-9-20(25)27-17-11-16(26-2)13(10-14(12)17)7-8-19(24)23-21-22-15-5-3-4-6-18(15)28-21/h3-6,9-11H,7-8H2,1-2H3,(H,22,23,24). The van der Waals surface area contributed by atoms with Crippen molar-refractivity contribution in [2.45, 2.75) is 19.8 Å². The van der Waals surface area contributed by atoms with Crippen molar-refractivity contribution >= 4 is 43.6 Å². The molecule has 2 aromatic carbocycles. The van der Waals surface area contributed by atoms with E-state index in [0.717, 1.165) is 26.7 Å². The number of thiazole rings is 1. The number of hydrogen-bond acceptors (Lipinski definition) is 6. The Balaban J connectivity index is 1.52. The fourth-order valence-corrected chi connectivity index (χ4v) is 4.01. The van der Waals surface area contributed by atoms with Gasteiger partial charge in [0.2, 0.25) is 5.91 Å². The predicted molar refractivity (Wildman–Crippen MR) is 110 cm³/mol. The Morgan fingerprint density at radius 3 is 2.86 bits per heavy atom. The first-order valence-electron chi connectivity index (χ1n) is 8.80. The largest absolute Gasteiger partial charge is 0.496 e. The lowest BCUT2D eigenvalue weighted by Gasteiger charge is -2.11. The molecular weight excluding hydrogens is 376 g/mol. The number of para-hydroxylation sites is 1. The van der Waals surface area contributed by atoms with Crippen molar-refractivity contribution in [1.82, 2.24) is 4.98 Å². The van der Waals surface area contributed by atoms with Crippen LogP contribution in [-0.4, -0.2) is 18.0 Å². The summed E-state index contributed by atoms with van der Waals surface area (Å²) in [6.07, 6.45) is 0.780. The summed E-state index contributed by atoms with van der Waals surface area (Å²) in [5.41, 5.74) is 2.66. The molecule has 0 unspecified atom stereocenters. The van der Waals surface area contributed by atoms with Gasteiger partial charge in [0.1, 0.15) is 11.3 Å². The summed E-state index contributed by atoms with van der Waals surface area (Å²) in [6.45, 7) is 1.86. The molecular formula is C21H18N2O4S. The van der Waals surface area contributed by atoms with E-state index in [0.29, 0.717) is 22.9 Å². The van der Waals surface area contributed by atoms with Crippen LogP contribution in [0.15, 0.2) is 51.7 Å². The zero-order chi connectivity index (χ0) is 19.7. The van der Waals surface area contributed by atoms with Gasteiger partial charge < -0.3 is 14.5 Å². The number of fused-ring (bicyclic) bond motifs is 2. The van der Waals surface area contributed by atoms with Crippen molar-refractivity contribution in [2.75, 3.05) is 12.4 Å². The van der Waals surface area contributed by atoms with Crippen LogP contribution in [0.25, 0.3) is 21.2 Å². The van der Waals surface area contributed by atoms with E-state index in [1.165, 1.54) is 17.4 Å². The van der Waals surface area contributed by atoms with Crippen LogP contribution in [0.5, 0.6) is 5.75 Å². The van der Waals surface area contributed by atoms with E-state index in [1.54, 1.807) is 13.2 Å². The average molecular weight is 394 g/mol. The molecule has 28 heavy (non-hydrogen) atoms. The summed E-state index contributed by atoms with van der Waals surface area (Å²) in [4.78, 5) is 28.4. The van der Waals surface area contributed by atoms with Crippen LogP contribution in [0.2, 0.25) is 0 Å². The summed E-state index contributed by atoms with van der Waals surface area (Å²) in [6, 6.07) is 12.8. The summed E-state index contributed by atoms with van der Waals surface area (Å²) < 4.78 is 11.7. The fourth-order valence-electron chi connectivity index (χ4n) is 3.13. The average Bonchev–Trinajstić information content (AvgIpc) is 3.07. The third-order valence-electron chi connectivity index (χ3n) is 4.51. The van der Waals surface area contributed by atoms with Crippen molar-refractivity contribution in [1.29, 1.82) is 0 Å². The van der Waals surface area contributed by atoms with Gasteiger partial charge in [-0.3, -0.25) is 4.79 Å². The van der Waals surface area contributed by atoms with Crippen molar-refractivity contribution in [3.63, 3.8) is 0 Å². The minimum absolute atomic E-state index is 0.113. The maximum absolute atomic E-state index is 12.4. The van der Waals surface area contributed by atoms with Gasteiger partial charge in [0, 0.05) is 23.9 Å². The quantitative estimate of drug-likeness (QED) is 0.511. The molecule has 0 atom stereocenters. The van der Waals surface area contributed by atoms with Crippen LogP contribution in [0.1, 0.15) is 17.5 Å². The monoisotopic (exact) mass is 394 g/mol. The number of nitrogens with zero attached hydrogens (tertiary/aromatic N) is 1. The maximum Gasteiger partial charge on any atom is 0.336 e. The van der Waals surface area contributed by atoms with E-state index >= 15 is 0 Å². The van der Waals surface area contributed by atoms with Gasteiger partial charge >= 0.3 is 5.63 Å². The number of carbonyl (C=O) groups is 1. The van der Waals surface area contributed by atoms with E-state index in [9.17, 15) is 9.59 Å². The van der Waals surface area contributed by atoms with E-state index in [4.69, 9.17) is 9.15 Å². The van der Waals surface area contributed by atoms with Crippen LogP contribution >= 0.6 is 11.3 Å². The molecule has 4 rings (SSSR count). The van der Waals surface area contributed by atoms with Crippen molar-refractivity contribution in [3.8, 4) is 5.75 Å². The molecule has 2 heterocycles. The molecule has 0 fully saturated rings. The Morgan fingerprint density at radius 2 is 2.07 bits per heavy atom. The normalized spacial score (nSPS) is 11.1. The first kappa shape index (κ1) is 18.2. The molecule has 0 saturated heterocycles. The molecule has 1 amide bonds. The molecule has 142 valence electrons. The lowest BCUT2D eigenvalue weighted by molar-refractivity contribution is -0.116. The van der Waals surface area contributed by atoms with Gasteiger partial charge in [0.15, 0.2) is 5.13 Å². The first-order chi connectivity index (χ1) is 13.5. The molecule has 0 aliphatic heterocycles. The third kappa shape index (κ3) is 3.61. The molecule has 6 nitrogen and oxygen atoms in total. The number of hydrogen-bond donors (Lipinski definition) is 1. The lowest BCUT2D eigenvalue weighted by Crippen LogP contribution is -2.12. The highest BCUT2D eigenvalue weighted by Crippen LogP contribution is 2.29. The Morgan fingerprint density at radius 1 is 1.25 bits per heavy atom. The van der Waals surface area contributed by atoms with Crippen LogP contribution < -0.4 is 15.7 Å². The number of anilines is 1. The van der Waals surface area contributed by atoms with Gasteiger partial charge in [0.05, 0.1) is 17.3 Å². The number of methoxy groups -OCH3 is 1. The van der Waals surface area contributed by atoms with Gasteiger partial charge in [-0.15, -0.1) is 0 Å². The number of ether oxygens (including phenoxy) is 1. The number of carbonyl (C=O) groups excluding carboxylic acids is 1. The highest BCUT2D eigenvalue weighted by atomic mass is 32.1. The third-order valence-corrected chi connectivity index (χ3v) is 5.47. The smallest absolute Gasteiger partial charge is 0.336 e. The topological polar surface area (TPSA) is 81.4 Å². The van der Waals surface area contributed by atoms with Crippen molar-refractivity contribution < 1.29 is 13.9 Å². The van der Waals surface area contributed by atoms with Crippen LogP contribution in [0.3, 0.4) is 0 Å². The van der Waals surface area contributed by atoms with E-state index in [1.807, 2.05) is 37.3 Å². The minimum Gasteiger partial charge on any atom is -0.496 e. The zero-order valence-electron chi connectivity index (χ0n) is 15.4.